The van der Waals surface area contributed by atoms with Gasteiger partial charge >= 0.3 is 0 Å². The summed E-state index contributed by atoms with van der Waals surface area (Å²) in [5.74, 6) is -0.403. The van der Waals surface area contributed by atoms with Gasteiger partial charge in [0.2, 0.25) is 5.91 Å². The summed E-state index contributed by atoms with van der Waals surface area (Å²) in [7, 11) is 0. The van der Waals surface area contributed by atoms with Gasteiger partial charge in [-0.15, -0.1) is 0 Å². The smallest absolute Gasteiger partial charge is 0.244 e. The van der Waals surface area contributed by atoms with Crippen molar-refractivity contribution >= 4 is 5.91 Å². The van der Waals surface area contributed by atoms with Crippen LogP contribution in [0, 0.1) is 0 Å². The fraction of sp³-hybridized carbons (Fsp3) is 0.667. The van der Waals surface area contributed by atoms with Crippen molar-refractivity contribution in [1.29, 1.82) is 0 Å². The van der Waals surface area contributed by atoms with E-state index in [2.05, 4.69) is 18.8 Å². The fourth-order valence-electron chi connectivity index (χ4n) is 0.933. The molecule has 0 heterocycles. The number of amides is 1. The second-order valence-corrected chi connectivity index (χ2v) is 3.03. The number of nitrogens with one attached hydrogen (secondary N) is 1. The Morgan fingerprint density at radius 2 is 2.25 bits per heavy atom. The number of rotatable bonds is 6. The molecular weight excluding hydrogens is 152 g/mol. The third kappa shape index (κ3) is 4.91. The van der Waals surface area contributed by atoms with E-state index in [4.69, 9.17) is 5.73 Å². The first kappa shape index (κ1) is 11.2. The van der Waals surface area contributed by atoms with Crippen molar-refractivity contribution in [3.63, 3.8) is 0 Å². The van der Waals surface area contributed by atoms with Crippen molar-refractivity contribution in [3.8, 4) is 0 Å². The summed E-state index contributed by atoms with van der Waals surface area (Å²) in [6.45, 7) is 8.67. The molecule has 0 saturated carbocycles. The first-order valence-corrected chi connectivity index (χ1v) is 4.28. The van der Waals surface area contributed by atoms with Crippen molar-refractivity contribution in [3.05, 3.63) is 12.2 Å². The quantitative estimate of drug-likeness (QED) is 0.579. The van der Waals surface area contributed by atoms with Crippen molar-refractivity contribution in [2.45, 2.75) is 32.7 Å². The average Bonchev–Trinajstić information content (AvgIpc) is 2.00. The Morgan fingerprint density at radius 3 is 2.67 bits per heavy atom. The number of nitrogens with two attached hydrogens (primary N) is 1. The van der Waals surface area contributed by atoms with Crippen LogP contribution in [0.4, 0.5) is 0 Å². The molecule has 12 heavy (non-hydrogen) atoms. The fourth-order valence-corrected chi connectivity index (χ4v) is 0.933. The Morgan fingerprint density at radius 1 is 1.67 bits per heavy atom. The molecule has 3 nitrogen and oxygen atoms in total. The van der Waals surface area contributed by atoms with Gasteiger partial charge in [-0.05, 0) is 26.3 Å². The monoisotopic (exact) mass is 170 g/mol. The lowest BCUT2D eigenvalue weighted by atomic mass is 10.1. The highest BCUT2D eigenvalue weighted by Gasteiger charge is 2.06. The summed E-state index contributed by atoms with van der Waals surface area (Å²) in [5.41, 5.74) is 5.54. The molecule has 0 fully saturated rings. The Hall–Kier alpha value is -0.830. The van der Waals surface area contributed by atoms with Crippen LogP contribution in [0.2, 0.25) is 0 Å². The van der Waals surface area contributed by atoms with Crippen molar-refractivity contribution in [2.24, 2.45) is 5.73 Å². The van der Waals surface area contributed by atoms with Gasteiger partial charge in [0.05, 0.1) is 0 Å². The Kier molecular flexibility index (Phi) is 5.37. The Bertz CT molecular complexity index is 166. The minimum atomic E-state index is -0.403. The lowest BCUT2D eigenvalue weighted by Gasteiger charge is -2.12. The molecule has 0 aromatic rings. The number of hydrogen-bond acceptors (Lipinski definition) is 2. The molecule has 0 rings (SSSR count). The zero-order valence-electron chi connectivity index (χ0n) is 7.89. The lowest BCUT2D eigenvalue weighted by molar-refractivity contribution is -0.114. The molecule has 0 aromatic heterocycles. The molecule has 0 spiro atoms. The molecule has 70 valence electrons. The molecule has 0 aliphatic carbocycles. The molecule has 0 aliphatic rings. The molecule has 1 unspecified atom stereocenters. The van der Waals surface area contributed by atoms with Crippen LogP contribution in [0.3, 0.4) is 0 Å². The van der Waals surface area contributed by atoms with Crippen LogP contribution < -0.4 is 11.1 Å². The van der Waals surface area contributed by atoms with E-state index in [0.29, 0.717) is 12.0 Å². The van der Waals surface area contributed by atoms with Gasteiger partial charge in [0.25, 0.3) is 0 Å². The van der Waals surface area contributed by atoms with E-state index in [0.717, 1.165) is 13.0 Å². The first-order chi connectivity index (χ1) is 5.57. The van der Waals surface area contributed by atoms with E-state index >= 15 is 0 Å². The first-order valence-electron chi connectivity index (χ1n) is 4.28. The van der Waals surface area contributed by atoms with Crippen molar-refractivity contribution in [1.82, 2.24) is 5.32 Å². The zero-order valence-corrected chi connectivity index (χ0v) is 7.89. The van der Waals surface area contributed by atoms with Gasteiger partial charge in [-0.1, -0.05) is 13.5 Å². The Labute approximate surface area is 74.0 Å². The third-order valence-electron chi connectivity index (χ3n) is 1.64. The minimum absolute atomic E-state index is 0.282. The summed E-state index contributed by atoms with van der Waals surface area (Å²) in [5, 5.41) is 3.25. The van der Waals surface area contributed by atoms with Gasteiger partial charge in [0, 0.05) is 11.6 Å². The zero-order chi connectivity index (χ0) is 9.56. The number of hydrogen-bond donors (Lipinski definition) is 2. The van der Waals surface area contributed by atoms with E-state index in [1.54, 1.807) is 0 Å². The standard InChI is InChI=1S/C9H18N2O/c1-4-5-11-8(3)6-7(2)9(10)12/h8,11H,2,4-6H2,1,3H3,(H2,10,12). The van der Waals surface area contributed by atoms with E-state index in [-0.39, 0.29) is 6.04 Å². The molecule has 1 atom stereocenters. The second-order valence-electron chi connectivity index (χ2n) is 3.03. The summed E-state index contributed by atoms with van der Waals surface area (Å²) in [6, 6.07) is 0.282. The van der Waals surface area contributed by atoms with Crippen LogP contribution in [0.5, 0.6) is 0 Å². The van der Waals surface area contributed by atoms with Crippen molar-refractivity contribution in [2.75, 3.05) is 6.54 Å². The average molecular weight is 170 g/mol. The number of carbonyl (C=O) groups excluding carboxylic acids is 1. The molecule has 0 aliphatic heterocycles. The van der Waals surface area contributed by atoms with Gasteiger partial charge in [-0.2, -0.15) is 0 Å². The third-order valence-corrected chi connectivity index (χ3v) is 1.64. The Balaban J connectivity index is 3.61. The van der Waals surface area contributed by atoms with Crippen LogP contribution in [0.1, 0.15) is 26.7 Å². The maximum absolute atomic E-state index is 10.6. The van der Waals surface area contributed by atoms with Gasteiger partial charge < -0.3 is 11.1 Å². The van der Waals surface area contributed by atoms with Gasteiger partial charge in [0.1, 0.15) is 0 Å². The summed E-state index contributed by atoms with van der Waals surface area (Å²) < 4.78 is 0. The minimum Gasteiger partial charge on any atom is -0.366 e. The predicted molar refractivity (Wildman–Crippen MR) is 50.7 cm³/mol. The van der Waals surface area contributed by atoms with Gasteiger partial charge in [-0.3, -0.25) is 4.79 Å². The molecular formula is C9H18N2O. The lowest BCUT2D eigenvalue weighted by Crippen LogP contribution is -2.29. The summed E-state index contributed by atoms with van der Waals surface area (Å²) in [4.78, 5) is 10.6. The molecule has 0 radical (unpaired) electrons. The maximum Gasteiger partial charge on any atom is 0.244 e. The topological polar surface area (TPSA) is 55.1 Å². The molecule has 1 amide bonds. The highest BCUT2D eigenvalue weighted by Crippen LogP contribution is 2.01. The van der Waals surface area contributed by atoms with E-state index < -0.39 is 5.91 Å². The number of carbonyl (C=O) groups is 1. The normalized spacial score (nSPS) is 12.5. The highest BCUT2D eigenvalue weighted by molar-refractivity contribution is 5.91. The summed E-state index contributed by atoms with van der Waals surface area (Å²) in [6.07, 6.45) is 1.72. The molecule has 3 heteroatoms. The number of primary amides is 1. The van der Waals surface area contributed by atoms with Gasteiger partial charge in [0.15, 0.2) is 0 Å². The van der Waals surface area contributed by atoms with Crippen LogP contribution in [0.15, 0.2) is 12.2 Å². The van der Waals surface area contributed by atoms with E-state index in [1.807, 2.05) is 6.92 Å². The highest BCUT2D eigenvalue weighted by atomic mass is 16.1. The van der Waals surface area contributed by atoms with E-state index in [1.165, 1.54) is 0 Å². The molecule has 0 bridgehead atoms. The van der Waals surface area contributed by atoms with Crippen LogP contribution >= 0.6 is 0 Å². The molecule has 0 saturated heterocycles. The largest absolute Gasteiger partial charge is 0.366 e. The molecule has 0 aromatic carbocycles. The van der Waals surface area contributed by atoms with Crippen molar-refractivity contribution < 1.29 is 4.79 Å². The maximum atomic E-state index is 10.6. The summed E-state index contributed by atoms with van der Waals surface area (Å²) >= 11 is 0. The van der Waals surface area contributed by atoms with Crippen LogP contribution in [-0.4, -0.2) is 18.5 Å². The van der Waals surface area contributed by atoms with Crippen LogP contribution in [-0.2, 0) is 4.79 Å². The van der Waals surface area contributed by atoms with Gasteiger partial charge in [-0.25, -0.2) is 0 Å². The van der Waals surface area contributed by atoms with E-state index in [9.17, 15) is 4.79 Å². The second kappa shape index (κ2) is 5.77. The SMILES string of the molecule is C=C(CC(C)NCCC)C(N)=O. The predicted octanol–water partition coefficient (Wildman–Crippen LogP) is 0.806. The molecule has 3 N–H and O–H groups in total. The van der Waals surface area contributed by atoms with Crippen LogP contribution in [0.25, 0.3) is 0 Å².